The number of carbonyl (C=O) groups is 1. The summed E-state index contributed by atoms with van der Waals surface area (Å²) in [5.41, 5.74) is 3.17. The van der Waals surface area contributed by atoms with Gasteiger partial charge in [0.25, 0.3) is 5.91 Å². The molecule has 3 rings (SSSR count). The van der Waals surface area contributed by atoms with E-state index in [0.29, 0.717) is 12.1 Å². The molecular weight excluding hydrogens is 434 g/mol. The Kier molecular flexibility index (Phi) is 9.93. The SMILES string of the molecule is C=CCN1C[C@H](C)N([C@H](c2ccc(C(=O)N(CCC)CCC)cc2)c2cccc(OC)c2)C[C@H]1C. The number of benzene rings is 2. The van der Waals surface area contributed by atoms with E-state index >= 15 is 0 Å². The minimum atomic E-state index is 0.0833. The third-order valence-corrected chi connectivity index (χ3v) is 7.02. The molecule has 2 aromatic rings. The lowest BCUT2D eigenvalue weighted by atomic mass is 9.92. The molecule has 1 heterocycles. The van der Waals surface area contributed by atoms with E-state index in [-0.39, 0.29) is 11.9 Å². The first-order valence-corrected chi connectivity index (χ1v) is 13.1. The van der Waals surface area contributed by atoms with Crippen molar-refractivity contribution in [1.29, 1.82) is 0 Å². The first-order chi connectivity index (χ1) is 16.9. The Morgan fingerprint density at radius 1 is 1.06 bits per heavy atom. The number of methoxy groups -OCH3 is 1. The Labute approximate surface area is 212 Å². The lowest BCUT2D eigenvalue weighted by molar-refractivity contribution is 0.0306. The summed E-state index contributed by atoms with van der Waals surface area (Å²) in [4.78, 5) is 20.2. The van der Waals surface area contributed by atoms with Gasteiger partial charge in [0.15, 0.2) is 0 Å². The van der Waals surface area contributed by atoms with Gasteiger partial charge < -0.3 is 9.64 Å². The minimum absolute atomic E-state index is 0.0833. The van der Waals surface area contributed by atoms with E-state index in [9.17, 15) is 4.79 Å². The second-order valence-corrected chi connectivity index (χ2v) is 9.73. The van der Waals surface area contributed by atoms with Crippen molar-refractivity contribution in [1.82, 2.24) is 14.7 Å². The molecule has 1 aliphatic heterocycles. The number of piperazine rings is 1. The summed E-state index contributed by atoms with van der Waals surface area (Å²) in [7, 11) is 1.71. The molecule has 1 saturated heterocycles. The van der Waals surface area contributed by atoms with Crippen LogP contribution in [0.1, 0.15) is 68.1 Å². The molecule has 190 valence electrons. The average molecular weight is 478 g/mol. The van der Waals surface area contributed by atoms with Gasteiger partial charge in [0.05, 0.1) is 13.2 Å². The highest BCUT2D eigenvalue weighted by Crippen LogP contribution is 2.35. The molecule has 0 unspecified atom stereocenters. The number of rotatable bonds is 11. The standard InChI is InChI=1S/C30H43N3O2/c1-7-17-31(18-8-2)30(34)26-15-13-25(14-16-26)29(27-11-10-12-28(20-27)35-6)33-22-23(4)32(19-9-3)21-24(33)5/h9-16,20,23-24,29H,3,7-8,17-19,21-22H2,1-2,4-6H3/t23-,24+,29-/m1/s1. The first kappa shape index (κ1) is 27.0. The molecule has 0 aromatic heterocycles. The molecule has 0 bridgehead atoms. The predicted molar refractivity (Wildman–Crippen MR) is 145 cm³/mol. The van der Waals surface area contributed by atoms with Crippen LogP contribution in [0.15, 0.2) is 61.2 Å². The van der Waals surface area contributed by atoms with Crippen molar-refractivity contribution in [2.75, 3.05) is 39.8 Å². The van der Waals surface area contributed by atoms with Gasteiger partial charge in [-0.05, 0) is 62.1 Å². The molecule has 1 aliphatic rings. The third kappa shape index (κ3) is 6.53. The molecule has 0 N–H and O–H groups in total. The maximum absolute atomic E-state index is 13.1. The second kappa shape index (κ2) is 12.9. The van der Waals surface area contributed by atoms with Crippen LogP contribution in [0.2, 0.25) is 0 Å². The molecule has 1 amide bonds. The highest BCUT2D eigenvalue weighted by atomic mass is 16.5. The van der Waals surface area contributed by atoms with Crippen molar-refractivity contribution in [3.05, 3.63) is 77.9 Å². The van der Waals surface area contributed by atoms with E-state index in [1.165, 1.54) is 11.1 Å². The Morgan fingerprint density at radius 3 is 2.34 bits per heavy atom. The summed E-state index contributed by atoms with van der Waals surface area (Å²) in [5.74, 6) is 0.985. The monoisotopic (exact) mass is 477 g/mol. The fourth-order valence-electron chi connectivity index (χ4n) is 5.24. The van der Waals surface area contributed by atoms with Crippen molar-refractivity contribution in [3.63, 3.8) is 0 Å². The fourth-order valence-corrected chi connectivity index (χ4v) is 5.24. The Hall–Kier alpha value is -2.63. The van der Waals surface area contributed by atoms with Crippen LogP contribution in [-0.2, 0) is 0 Å². The van der Waals surface area contributed by atoms with Crippen LogP contribution in [0.25, 0.3) is 0 Å². The summed E-state index contributed by atoms with van der Waals surface area (Å²) >= 11 is 0. The lowest BCUT2D eigenvalue weighted by Crippen LogP contribution is -2.57. The van der Waals surface area contributed by atoms with Gasteiger partial charge in [-0.15, -0.1) is 6.58 Å². The zero-order valence-electron chi connectivity index (χ0n) is 22.2. The second-order valence-electron chi connectivity index (χ2n) is 9.73. The molecule has 2 aromatic carbocycles. The highest BCUT2D eigenvalue weighted by molar-refractivity contribution is 5.94. The van der Waals surface area contributed by atoms with E-state index in [1.807, 2.05) is 29.2 Å². The summed E-state index contributed by atoms with van der Waals surface area (Å²) in [5, 5.41) is 0. The van der Waals surface area contributed by atoms with E-state index in [2.05, 4.69) is 74.4 Å². The minimum Gasteiger partial charge on any atom is -0.497 e. The maximum atomic E-state index is 13.1. The number of ether oxygens (including phenoxy) is 1. The van der Waals surface area contributed by atoms with Crippen molar-refractivity contribution in [3.8, 4) is 5.75 Å². The maximum Gasteiger partial charge on any atom is 0.253 e. The lowest BCUT2D eigenvalue weighted by Gasteiger charge is -2.47. The Morgan fingerprint density at radius 2 is 1.74 bits per heavy atom. The quantitative estimate of drug-likeness (QED) is 0.393. The molecule has 3 atom stereocenters. The topological polar surface area (TPSA) is 36.0 Å². The number of nitrogens with zero attached hydrogens (tertiary/aromatic N) is 3. The smallest absolute Gasteiger partial charge is 0.253 e. The molecule has 0 radical (unpaired) electrons. The normalized spacial score (nSPS) is 19.8. The molecule has 5 heteroatoms. The molecule has 0 spiro atoms. The van der Waals surface area contributed by atoms with Gasteiger partial charge in [-0.25, -0.2) is 0 Å². The zero-order chi connectivity index (χ0) is 25.4. The van der Waals surface area contributed by atoms with Crippen molar-refractivity contribution in [2.45, 2.75) is 58.7 Å². The van der Waals surface area contributed by atoms with Gasteiger partial charge in [0.2, 0.25) is 0 Å². The van der Waals surface area contributed by atoms with Crippen molar-refractivity contribution < 1.29 is 9.53 Å². The van der Waals surface area contributed by atoms with Crippen molar-refractivity contribution in [2.24, 2.45) is 0 Å². The van der Waals surface area contributed by atoms with Crippen molar-refractivity contribution >= 4 is 5.91 Å². The van der Waals surface area contributed by atoms with Gasteiger partial charge in [-0.2, -0.15) is 0 Å². The fraction of sp³-hybridized carbons (Fsp3) is 0.500. The van der Waals surface area contributed by atoms with Gasteiger partial charge in [-0.3, -0.25) is 14.6 Å². The van der Waals surface area contributed by atoms with Gasteiger partial charge in [0.1, 0.15) is 5.75 Å². The Balaban J connectivity index is 1.95. The van der Waals surface area contributed by atoms with Crippen LogP contribution >= 0.6 is 0 Å². The summed E-state index contributed by atoms with van der Waals surface area (Å²) in [6.07, 6.45) is 3.93. The molecule has 35 heavy (non-hydrogen) atoms. The largest absolute Gasteiger partial charge is 0.497 e. The summed E-state index contributed by atoms with van der Waals surface area (Å²) in [6, 6.07) is 17.5. The molecular formula is C30H43N3O2. The zero-order valence-corrected chi connectivity index (χ0v) is 22.2. The Bertz CT molecular complexity index is 952. The number of hydrogen-bond donors (Lipinski definition) is 0. The average Bonchev–Trinajstić information content (AvgIpc) is 2.87. The van der Waals surface area contributed by atoms with Gasteiger partial charge in [-0.1, -0.05) is 44.2 Å². The van der Waals surface area contributed by atoms with E-state index in [1.54, 1.807) is 7.11 Å². The molecule has 0 aliphatic carbocycles. The van der Waals surface area contributed by atoms with Crippen LogP contribution in [-0.4, -0.2) is 72.5 Å². The van der Waals surface area contributed by atoms with Crippen LogP contribution in [0, 0.1) is 0 Å². The third-order valence-electron chi connectivity index (χ3n) is 7.02. The summed E-state index contributed by atoms with van der Waals surface area (Å²) < 4.78 is 5.56. The van der Waals surface area contributed by atoms with E-state index < -0.39 is 0 Å². The first-order valence-electron chi connectivity index (χ1n) is 13.1. The van der Waals surface area contributed by atoms with E-state index in [4.69, 9.17) is 4.74 Å². The van der Waals surface area contributed by atoms with E-state index in [0.717, 1.165) is 56.9 Å². The number of amides is 1. The van der Waals surface area contributed by atoms with Crippen LogP contribution in [0.4, 0.5) is 0 Å². The highest BCUT2D eigenvalue weighted by Gasteiger charge is 2.34. The van der Waals surface area contributed by atoms with Gasteiger partial charge in [0, 0.05) is 50.4 Å². The van der Waals surface area contributed by atoms with Gasteiger partial charge >= 0.3 is 0 Å². The van der Waals surface area contributed by atoms with Crippen LogP contribution in [0.5, 0.6) is 5.75 Å². The number of carbonyl (C=O) groups excluding carboxylic acids is 1. The molecule has 1 fully saturated rings. The molecule has 0 saturated carbocycles. The van der Waals surface area contributed by atoms with Crippen LogP contribution in [0.3, 0.4) is 0 Å². The van der Waals surface area contributed by atoms with Crippen LogP contribution < -0.4 is 4.74 Å². The predicted octanol–water partition coefficient (Wildman–Crippen LogP) is 5.63. The summed E-state index contributed by atoms with van der Waals surface area (Å²) in [6.45, 7) is 17.2. The number of hydrogen-bond acceptors (Lipinski definition) is 4. The molecule has 5 nitrogen and oxygen atoms in total.